The maximum atomic E-state index is 13.1. The zero-order valence-corrected chi connectivity index (χ0v) is 22.1. The second kappa shape index (κ2) is 10.6. The van der Waals surface area contributed by atoms with E-state index in [2.05, 4.69) is 11.8 Å². The van der Waals surface area contributed by atoms with Crippen molar-refractivity contribution in [3.8, 4) is 0 Å². The molecular weight excluding hydrogens is 517 g/mol. The van der Waals surface area contributed by atoms with Gasteiger partial charge >= 0.3 is 0 Å². The first kappa shape index (κ1) is 25.6. The molecule has 34 heavy (non-hydrogen) atoms. The standard InChI is InChI=1S/C24H28Cl3N3O3S/c1-17-2-4-21(26)15-23(17)28-10-12-29(13-11-28)24(31)18-6-8-30(9-7-18)34(32,33)16-19-3-5-20(25)14-22(19)27/h2-5,14-15,18H,6-13,16H2,1H3. The molecule has 2 fully saturated rings. The Hall–Kier alpha value is -1.51. The highest BCUT2D eigenvalue weighted by molar-refractivity contribution is 7.88. The normalized spacial score (nSPS) is 18.4. The van der Waals surface area contributed by atoms with Crippen LogP contribution in [0.4, 0.5) is 5.69 Å². The molecule has 2 aromatic rings. The summed E-state index contributed by atoms with van der Waals surface area (Å²) in [5, 5.41) is 1.52. The molecule has 2 aliphatic rings. The Morgan fingerprint density at radius 2 is 1.53 bits per heavy atom. The van der Waals surface area contributed by atoms with Crippen LogP contribution in [-0.2, 0) is 20.6 Å². The highest BCUT2D eigenvalue weighted by atomic mass is 35.5. The second-order valence-electron chi connectivity index (χ2n) is 8.91. The van der Waals surface area contributed by atoms with E-state index in [0.717, 1.165) is 24.3 Å². The topological polar surface area (TPSA) is 60.9 Å². The van der Waals surface area contributed by atoms with Gasteiger partial charge in [-0.05, 0) is 55.2 Å². The molecule has 0 aliphatic carbocycles. The van der Waals surface area contributed by atoms with Crippen LogP contribution >= 0.6 is 34.8 Å². The summed E-state index contributed by atoms with van der Waals surface area (Å²) in [6, 6.07) is 10.7. The van der Waals surface area contributed by atoms with E-state index in [0.29, 0.717) is 59.7 Å². The summed E-state index contributed by atoms with van der Waals surface area (Å²) in [7, 11) is -3.53. The smallest absolute Gasteiger partial charge is 0.225 e. The Balaban J connectivity index is 1.30. The van der Waals surface area contributed by atoms with E-state index in [9.17, 15) is 13.2 Å². The van der Waals surface area contributed by atoms with Crippen molar-refractivity contribution < 1.29 is 13.2 Å². The molecule has 0 saturated carbocycles. The second-order valence-corrected chi connectivity index (χ2v) is 12.2. The molecule has 0 unspecified atom stereocenters. The molecule has 1 amide bonds. The summed E-state index contributed by atoms with van der Waals surface area (Å²) in [6.45, 7) is 5.55. The number of rotatable bonds is 5. The molecular formula is C24H28Cl3N3O3S. The number of carbonyl (C=O) groups is 1. The fourth-order valence-corrected chi connectivity index (χ4v) is 6.97. The number of piperidine rings is 1. The van der Waals surface area contributed by atoms with Crippen molar-refractivity contribution in [1.29, 1.82) is 0 Å². The summed E-state index contributed by atoms with van der Waals surface area (Å²) in [6.07, 6.45) is 1.06. The summed E-state index contributed by atoms with van der Waals surface area (Å²) < 4.78 is 27.3. The van der Waals surface area contributed by atoms with Crippen molar-refractivity contribution in [2.75, 3.05) is 44.2 Å². The number of benzene rings is 2. The minimum atomic E-state index is -3.53. The third-order valence-corrected chi connectivity index (χ3v) is 9.30. The number of nitrogens with zero attached hydrogens (tertiary/aromatic N) is 3. The first-order valence-electron chi connectivity index (χ1n) is 11.4. The summed E-state index contributed by atoms with van der Waals surface area (Å²) in [5.41, 5.74) is 2.80. The predicted molar refractivity (Wildman–Crippen MR) is 138 cm³/mol. The van der Waals surface area contributed by atoms with Crippen LogP contribution in [0.5, 0.6) is 0 Å². The summed E-state index contributed by atoms with van der Waals surface area (Å²) in [4.78, 5) is 17.3. The molecule has 2 saturated heterocycles. The van der Waals surface area contributed by atoms with Gasteiger partial charge in [-0.2, -0.15) is 0 Å². The zero-order chi connectivity index (χ0) is 24.5. The number of piperazine rings is 1. The van der Waals surface area contributed by atoms with Crippen molar-refractivity contribution >= 4 is 56.4 Å². The van der Waals surface area contributed by atoms with Gasteiger partial charge in [0.15, 0.2) is 0 Å². The molecule has 0 spiro atoms. The van der Waals surface area contributed by atoms with E-state index in [4.69, 9.17) is 34.8 Å². The highest BCUT2D eigenvalue weighted by Crippen LogP contribution is 2.29. The van der Waals surface area contributed by atoms with E-state index < -0.39 is 10.0 Å². The van der Waals surface area contributed by atoms with Crippen LogP contribution in [0.2, 0.25) is 15.1 Å². The Labute approximate surface area is 216 Å². The van der Waals surface area contributed by atoms with Crippen molar-refractivity contribution in [2.45, 2.75) is 25.5 Å². The Kier molecular flexibility index (Phi) is 7.99. The van der Waals surface area contributed by atoms with E-state index in [-0.39, 0.29) is 17.6 Å². The van der Waals surface area contributed by atoms with Gasteiger partial charge in [0.25, 0.3) is 0 Å². The molecule has 4 rings (SSSR count). The van der Waals surface area contributed by atoms with Gasteiger partial charge < -0.3 is 9.80 Å². The lowest BCUT2D eigenvalue weighted by molar-refractivity contribution is -0.137. The van der Waals surface area contributed by atoms with Crippen LogP contribution in [0.15, 0.2) is 36.4 Å². The molecule has 184 valence electrons. The molecule has 10 heteroatoms. The summed E-state index contributed by atoms with van der Waals surface area (Å²) in [5.74, 6) is -0.197. The van der Waals surface area contributed by atoms with Gasteiger partial charge in [-0.1, -0.05) is 46.9 Å². The number of hydrogen-bond acceptors (Lipinski definition) is 4. The third-order valence-electron chi connectivity index (χ3n) is 6.65. The van der Waals surface area contributed by atoms with Crippen LogP contribution < -0.4 is 4.90 Å². The Bertz CT molecular complexity index is 1160. The maximum Gasteiger partial charge on any atom is 0.225 e. The number of hydrogen-bond donors (Lipinski definition) is 0. The fourth-order valence-electron chi connectivity index (χ4n) is 4.66. The van der Waals surface area contributed by atoms with Gasteiger partial charge in [-0.15, -0.1) is 0 Å². The number of sulfonamides is 1. The van der Waals surface area contributed by atoms with E-state index >= 15 is 0 Å². The monoisotopic (exact) mass is 543 g/mol. The lowest BCUT2D eigenvalue weighted by Gasteiger charge is -2.39. The van der Waals surface area contributed by atoms with Crippen LogP contribution in [-0.4, -0.2) is 62.8 Å². The van der Waals surface area contributed by atoms with Gasteiger partial charge in [-0.3, -0.25) is 4.79 Å². The number of anilines is 1. The molecule has 0 N–H and O–H groups in total. The lowest BCUT2D eigenvalue weighted by Crippen LogP contribution is -2.52. The van der Waals surface area contributed by atoms with Crippen molar-refractivity contribution in [3.63, 3.8) is 0 Å². The minimum absolute atomic E-state index is 0.125. The van der Waals surface area contributed by atoms with Gasteiger partial charge in [0.05, 0.1) is 5.75 Å². The molecule has 2 aromatic carbocycles. The molecule has 0 bridgehead atoms. The average Bonchev–Trinajstić information content (AvgIpc) is 2.82. The quantitative estimate of drug-likeness (QED) is 0.540. The predicted octanol–water partition coefficient (Wildman–Crippen LogP) is 4.85. The molecule has 2 heterocycles. The van der Waals surface area contributed by atoms with E-state index in [1.807, 2.05) is 23.1 Å². The number of amides is 1. The molecule has 0 atom stereocenters. The zero-order valence-electron chi connectivity index (χ0n) is 19.0. The van der Waals surface area contributed by atoms with Crippen molar-refractivity contribution in [3.05, 3.63) is 62.6 Å². The molecule has 0 radical (unpaired) electrons. The highest BCUT2D eigenvalue weighted by Gasteiger charge is 2.34. The van der Waals surface area contributed by atoms with Crippen LogP contribution in [0, 0.1) is 12.8 Å². The summed E-state index contributed by atoms with van der Waals surface area (Å²) >= 11 is 18.2. The van der Waals surface area contributed by atoms with E-state index in [1.54, 1.807) is 18.2 Å². The average molecular weight is 545 g/mol. The molecule has 0 aromatic heterocycles. The van der Waals surface area contributed by atoms with Crippen LogP contribution in [0.1, 0.15) is 24.0 Å². The first-order chi connectivity index (χ1) is 16.1. The molecule has 6 nitrogen and oxygen atoms in total. The molecule has 2 aliphatic heterocycles. The minimum Gasteiger partial charge on any atom is -0.368 e. The van der Waals surface area contributed by atoms with E-state index in [1.165, 1.54) is 4.31 Å². The fraction of sp³-hybridized carbons (Fsp3) is 0.458. The third kappa shape index (κ3) is 5.82. The van der Waals surface area contributed by atoms with Crippen LogP contribution in [0.25, 0.3) is 0 Å². The number of carbonyl (C=O) groups excluding carboxylic acids is 1. The largest absolute Gasteiger partial charge is 0.368 e. The Morgan fingerprint density at radius 1 is 0.912 bits per heavy atom. The maximum absolute atomic E-state index is 13.1. The van der Waals surface area contributed by atoms with Crippen molar-refractivity contribution in [2.24, 2.45) is 5.92 Å². The van der Waals surface area contributed by atoms with Gasteiger partial charge in [-0.25, -0.2) is 12.7 Å². The number of halogens is 3. The first-order valence-corrected chi connectivity index (χ1v) is 14.1. The van der Waals surface area contributed by atoms with Gasteiger partial charge in [0, 0.05) is 65.9 Å². The van der Waals surface area contributed by atoms with Gasteiger partial charge in [0.1, 0.15) is 0 Å². The Morgan fingerprint density at radius 3 is 2.18 bits per heavy atom. The van der Waals surface area contributed by atoms with Crippen molar-refractivity contribution in [1.82, 2.24) is 9.21 Å². The van der Waals surface area contributed by atoms with Crippen LogP contribution in [0.3, 0.4) is 0 Å². The van der Waals surface area contributed by atoms with Gasteiger partial charge in [0.2, 0.25) is 15.9 Å². The lowest BCUT2D eigenvalue weighted by atomic mass is 9.96. The number of aryl methyl sites for hydroxylation is 1. The SMILES string of the molecule is Cc1ccc(Cl)cc1N1CCN(C(=O)C2CCN(S(=O)(=O)Cc3ccc(Cl)cc3Cl)CC2)CC1.